The molecule has 2 nitrogen and oxygen atoms in total. The lowest BCUT2D eigenvalue weighted by Gasteiger charge is -2.23. The lowest BCUT2D eigenvalue weighted by Crippen LogP contribution is -2.30. The second-order valence-corrected chi connectivity index (χ2v) is 5.59. The average Bonchev–Trinajstić information content (AvgIpc) is 2.74. The number of fused-ring (bicyclic) bond motifs is 1. The maximum absolute atomic E-state index is 5.88. The van der Waals surface area contributed by atoms with E-state index in [2.05, 4.69) is 39.0 Å². The monoisotopic (exact) mass is 234 g/mol. The first-order valence-electron chi connectivity index (χ1n) is 5.67. The van der Waals surface area contributed by atoms with Crippen LogP contribution >= 0.6 is 11.3 Å². The van der Waals surface area contributed by atoms with Crippen molar-refractivity contribution in [1.29, 1.82) is 0 Å². The van der Waals surface area contributed by atoms with Gasteiger partial charge >= 0.3 is 0 Å². The van der Waals surface area contributed by atoms with Crippen molar-refractivity contribution in [3.05, 3.63) is 28.8 Å². The van der Waals surface area contributed by atoms with Gasteiger partial charge in [-0.1, -0.05) is 26.0 Å². The first kappa shape index (κ1) is 11.6. The molecule has 1 aromatic heterocycles. The van der Waals surface area contributed by atoms with Gasteiger partial charge in [-0.15, -0.1) is 11.3 Å². The number of hydrogen-bond acceptors (Lipinski definition) is 3. The topological polar surface area (TPSA) is 38.9 Å². The van der Waals surface area contributed by atoms with E-state index in [0.717, 1.165) is 11.9 Å². The molecule has 0 spiro atoms. The van der Waals surface area contributed by atoms with Crippen LogP contribution in [0.3, 0.4) is 0 Å². The molecule has 3 heteroatoms. The van der Waals surface area contributed by atoms with Gasteiger partial charge in [0.25, 0.3) is 0 Å². The largest absolute Gasteiger partial charge is 0.330 e. The van der Waals surface area contributed by atoms with E-state index < -0.39 is 0 Å². The van der Waals surface area contributed by atoms with Gasteiger partial charge in [-0.3, -0.25) is 0 Å². The van der Waals surface area contributed by atoms with Crippen LogP contribution in [0.15, 0.2) is 18.2 Å². The van der Waals surface area contributed by atoms with E-state index in [9.17, 15) is 0 Å². The zero-order valence-electron chi connectivity index (χ0n) is 10.1. The summed E-state index contributed by atoms with van der Waals surface area (Å²) in [6.07, 6.45) is 1.03. The Labute approximate surface area is 101 Å². The van der Waals surface area contributed by atoms with E-state index >= 15 is 0 Å². The summed E-state index contributed by atoms with van der Waals surface area (Å²) >= 11 is 1.78. The fourth-order valence-electron chi connectivity index (χ4n) is 1.73. The van der Waals surface area contributed by atoms with Crippen LogP contribution in [-0.2, 0) is 5.41 Å². The molecule has 0 aliphatic rings. The smallest absolute Gasteiger partial charge is 0.101 e. The van der Waals surface area contributed by atoms with Crippen molar-refractivity contribution in [1.82, 2.24) is 4.98 Å². The number of para-hydroxylation sites is 1. The molecule has 0 radical (unpaired) electrons. The summed E-state index contributed by atoms with van der Waals surface area (Å²) in [6, 6.07) is 6.33. The Kier molecular flexibility index (Phi) is 3.00. The Morgan fingerprint density at radius 3 is 2.75 bits per heavy atom. The van der Waals surface area contributed by atoms with Gasteiger partial charge in [-0.2, -0.15) is 0 Å². The minimum atomic E-state index is 0.0239. The summed E-state index contributed by atoms with van der Waals surface area (Å²) in [7, 11) is 0. The summed E-state index contributed by atoms with van der Waals surface area (Å²) in [5.74, 6) is 0. The van der Waals surface area contributed by atoms with Gasteiger partial charge in [-0.05, 0) is 25.0 Å². The van der Waals surface area contributed by atoms with Crippen molar-refractivity contribution in [2.45, 2.75) is 32.6 Å². The Morgan fingerprint density at radius 2 is 2.19 bits per heavy atom. The molecule has 2 N–H and O–H groups in total. The van der Waals surface area contributed by atoms with Gasteiger partial charge in [0.2, 0.25) is 0 Å². The molecule has 0 saturated heterocycles. The molecule has 2 aromatic rings. The molecule has 1 aromatic carbocycles. The summed E-state index contributed by atoms with van der Waals surface area (Å²) in [5, 5.41) is 1.17. The van der Waals surface area contributed by atoms with E-state index in [4.69, 9.17) is 10.7 Å². The van der Waals surface area contributed by atoms with Crippen molar-refractivity contribution in [2.24, 2.45) is 5.73 Å². The Morgan fingerprint density at radius 1 is 1.44 bits per heavy atom. The third-order valence-corrected chi connectivity index (χ3v) is 4.69. The summed E-state index contributed by atoms with van der Waals surface area (Å²) in [4.78, 5) is 4.76. The second-order valence-electron chi connectivity index (χ2n) is 4.56. The third-order valence-electron chi connectivity index (χ3n) is 3.37. The highest BCUT2D eigenvalue weighted by Gasteiger charge is 2.26. The molecule has 0 fully saturated rings. The van der Waals surface area contributed by atoms with Gasteiger partial charge in [0.1, 0.15) is 5.01 Å². The molecule has 86 valence electrons. The fourth-order valence-corrected chi connectivity index (χ4v) is 3.00. The van der Waals surface area contributed by atoms with Crippen molar-refractivity contribution in [2.75, 3.05) is 6.54 Å². The second kappa shape index (κ2) is 4.15. The normalized spacial score (nSPS) is 15.2. The zero-order valence-corrected chi connectivity index (χ0v) is 10.9. The quantitative estimate of drug-likeness (QED) is 0.885. The van der Waals surface area contributed by atoms with Crippen LogP contribution in [0.4, 0.5) is 0 Å². The van der Waals surface area contributed by atoms with Gasteiger partial charge in [0.05, 0.1) is 10.2 Å². The van der Waals surface area contributed by atoms with Crippen LogP contribution in [0.5, 0.6) is 0 Å². The van der Waals surface area contributed by atoms with Gasteiger partial charge in [0.15, 0.2) is 0 Å². The third kappa shape index (κ3) is 1.74. The number of aryl methyl sites for hydroxylation is 1. The lowest BCUT2D eigenvalue weighted by atomic mass is 9.89. The minimum Gasteiger partial charge on any atom is -0.330 e. The number of thiazole rings is 1. The molecule has 0 bridgehead atoms. The van der Waals surface area contributed by atoms with Crippen LogP contribution < -0.4 is 5.73 Å². The van der Waals surface area contributed by atoms with Crippen molar-refractivity contribution < 1.29 is 0 Å². The van der Waals surface area contributed by atoms with E-state index in [0.29, 0.717) is 6.54 Å². The first-order chi connectivity index (χ1) is 7.60. The molecule has 1 heterocycles. The number of rotatable bonds is 3. The molecule has 2 rings (SSSR count). The van der Waals surface area contributed by atoms with Crippen molar-refractivity contribution >= 4 is 21.6 Å². The number of aromatic nitrogens is 1. The van der Waals surface area contributed by atoms with Crippen LogP contribution in [0, 0.1) is 6.92 Å². The fraction of sp³-hybridized carbons (Fsp3) is 0.462. The van der Waals surface area contributed by atoms with Crippen LogP contribution in [0.25, 0.3) is 10.2 Å². The predicted molar refractivity (Wildman–Crippen MR) is 71.1 cm³/mol. The maximum atomic E-state index is 5.88. The number of hydrogen-bond donors (Lipinski definition) is 1. The molecule has 0 aliphatic heterocycles. The maximum Gasteiger partial charge on any atom is 0.101 e. The summed E-state index contributed by atoms with van der Waals surface area (Å²) < 4.78 is 1.27. The zero-order chi connectivity index (χ0) is 11.8. The van der Waals surface area contributed by atoms with Gasteiger partial charge < -0.3 is 5.73 Å². The highest BCUT2D eigenvalue weighted by Crippen LogP contribution is 2.34. The molecular weight excluding hydrogens is 216 g/mol. The van der Waals surface area contributed by atoms with Crippen LogP contribution in [0.1, 0.15) is 30.8 Å². The van der Waals surface area contributed by atoms with E-state index in [1.54, 1.807) is 11.3 Å². The molecule has 0 aliphatic carbocycles. The molecule has 1 unspecified atom stereocenters. The van der Waals surface area contributed by atoms with Crippen LogP contribution in [0.2, 0.25) is 0 Å². The number of benzene rings is 1. The van der Waals surface area contributed by atoms with E-state index in [1.165, 1.54) is 15.3 Å². The summed E-state index contributed by atoms with van der Waals surface area (Å²) in [5.41, 5.74) is 8.28. The van der Waals surface area contributed by atoms with Crippen molar-refractivity contribution in [3.63, 3.8) is 0 Å². The SMILES string of the molecule is CCC(C)(CN)c1nc2c(C)cccc2s1. The Hall–Kier alpha value is -0.930. The standard InChI is InChI=1S/C13H18N2S/c1-4-13(3,8-14)12-15-11-9(2)6-5-7-10(11)16-12/h5-7H,4,8,14H2,1-3H3. The minimum absolute atomic E-state index is 0.0239. The highest BCUT2D eigenvalue weighted by atomic mass is 32.1. The molecule has 0 amide bonds. The molecular formula is C13H18N2S. The molecule has 1 atom stereocenters. The van der Waals surface area contributed by atoms with Gasteiger partial charge in [-0.25, -0.2) is 4.98 Å². The number of nitrogens with zero attached hydrogens (tertiary/aromatic N) is 1. The van der Waals surface area contributed by atoms with Crippen molar-refractivity contribution in [3.8, 4) is 0 Å². The van der Waals surface area contributed by atoms with Gasteiger partial charge in [0, 0.05) is 12.0 Å². The summed E-state index contributed by atoms with van der Waals surface area (Å²) in [6.45, 7) is 7.13. The molecule has 16 heavy (non-hydrogen) atoms. The first-order valence-corrected chi connectivity index (χ1v) is 6.49. The Balaban J connectivity index is 2.59. The lowest BCUT2D eigenvalue weighted by molar-refractivity contribution is 0.465. The predicted octanol–water partition coefficient (Wildman–Crippen LogP) is 3.23. The molecule has 0 saturated carbocycles. The van der Waals surface area contributed by atoms with E-state index in [-0.39, 0.29) is 5.41 Å². The Bertz CT molecular complexity index is 498. The van der Waals surface area contributed by atoms with Crippen LogP contribution in [-0.4, -0.2) is 11.5 Å². The average molecular weight is 234 g/mol. The number of nitrogens with two attached hydrogens (primary N) is 1. The highest BCUT2D eigenvalue weighted by molar-refractivity contribution is 7.18. The van der Waals surface area contributed by atoms with E-state index in [1.807, 2.05) is 0 Å².